The van der Waals surface area contributed by atoms with Gasteiger partial charge >= 0.3 is 0 Å². The fraction of sp³-hybridized carbons (Fsp3) is 0.720. The van der Waals surface area contributed by atoms with Crippen molar-refractivity contribution in [3.05, 3.63) is 18.1 Å². The molecule has 2 unspecified atom stereocenters. The van der Waals surface area contributed by atoms with Crippen LogP contribution in [-0.2, 0) is 19.0 Å². The van der Waals surface area contributed by atoms with Gasteiger partial charge in [-0.25, -0.2) is 9.97 Å². The predicted octanol–water partition coefficient (Wildman–Crippen LogP) is 3.70. The molecule has 9 nitrogen and oxygen atoms in total. The zero-order valence-corrected chi connectivity index (χ0v) is 21.7. The lowest BCUT2D eigenvalue weighted by Gasteiger charge is -2.26. The Morgan fingerprint density at radius 2 is 2.00 bits per heavy atom. The van der Waals surface area contributed by atoms with Gasteiger partial charge in [-0.2, -0.15) is 0 Å². The highest BCUT2D eigenvalue weighted by atomic mass is 16.6. The van der Waals surface area contributed by atoms with Gasteiger partial charge in [0.25, 0.3) is 0 Å². The number of hydrogen-bond donors (Lipinski definition) is 2. The molecule has 1 saturated heterocycles. The molecule has 190 valence electrons. The van der Waals surface area contributed by atoms with Crippen molar-refractivity contribution in [3.63, 3.8) is 0 Å². The minimum atomic E-state index is -0.845. The van der Waals surface area contributed by atoms with E-state index in [2.05, 4.69) is 49.9 Å². The monoisotopic (exact) mass is 476 g/mol. The third kappa shape index (κ3) is 5.76. The Kier molecular flexibility index (Phi) is 8.34. The molecule has 2 aromatic rings. The lowest BCUT2D eigenvalue weighted by molar-refractivity contribution is -0.121. The van der Waals surface area contributed by atoms with E-state index in [4.69, 9.17) is 14.2 Å². The number of aromatic nitrogens is 3. The number of carbonyl (C=O) groups excluding carboxylic acids is 1. The van der Waals surface area contributed by atoms with Crippen LogP contribution in [0.5, 0.6) is 0 Å². The number of nitrogens with one attached hydrogen (secondary N) is 1. The Hall–Kier alpha value is -2.07. The van der Waals surface area contributed by atoms with Gasteiger partial charge in [-0.1, -0.05) is 34.6 Å². The first-order chi connectivity index (χ1) is 16.0. The maximum Gasteiger partial charge on any atom is 0.228 e. The third-order valence-corrected chi connectivity index (χ3v) is 6.22. The maximum atomic E-state index is 13.3. The van der Waals surface area contributed by atoms with Crippen LogP contribution in [0.25, 0.3) is 11.0 Å². The van der Waals surface area contributed by atoms with Gasteiger partial charge in [0.05, 0.1) is 12.0 Å². The van der Waals surface area contributed by atoms with Gasteiger partial charge in [0.15, 0.2) is 6.23 Å². The Morgan fingerprint density at radius 3 is 2.59 bits per heavy atom. The number of anilines is 1. The summed E-state index contributed by atoms with van der Waals surface area (Å²) in [6.45, 7) is 12.9. The van der Waals surface area contributed by atoms with Gasteiger partial charge in [-0.3, -0.25) is 4.79 Å². The number of ether oxygens (including phenoxy) is 3. The van der Waals surface area contributed by atoms with Crippen LogP contribution in [0, 0.1) is 24.2 Å². The Labute approximate surface area is 202 Å². The molecule has 3 rings (SSSR count). The van der Waals surface area contributed by atoms with Gasteiger partial charge < -0.3 is 29.2 Å². The van der Waals surface area contributed by atoms with Gasteiger partial charge in [0.1, 0.15) is 36.1 Å². The van der Waals surface area contributed by atoms with Crippen molar-refractivity contribution in [2.45, 2.75) is 78.9 Å². The number of aliphatic hydroxyl groups excluding tert-OH is 1. The van der Waals surface area contributed by atoms with Crippen molar-refractivity contribution in [1.29, 1.82) is 0 Å². The molecular weight excluding hydrogens is 436 g/mol. The van der Waals surface area contributed by atoms with E-state index in [0.717, 1.165) is 23.8 Å². The lowest BCUT2D eigenvalue weighted by Crippen LogP contribution is -2.35. The highest BCUT2D eigenvalue weighted by Crippen LogP contribution is 2.37. The summed E-state index contributed by atoms with van der Waals surface area (Å²) in [5.41, 5.74) is 1.53. The minimum absolute atomic E-state index is 0.0294. The summed E-state index contributed by atoms with van der Waals surface area (Å²) in [5.74, 6) is 0.741. The van der Waals surface area contributed by atoms with E-state index in [0.29, 0.717) is 17.4 Å². The van der Waals surface area contributed by atoms with E-state index in [9.17, 15) is 9.90 Å². The molecule has 34 heavy (non-hydrogen) atoms. The Bertz CT molecular complexity index is 984. The number of carbonyl (C=O) groups is 1. The molecule has 0 aromatic carbocycles. The molecule has 2 N–H and O–H groups in total. The zero-order chi connectivity index (χ0) is 25.2. The molecule has 0 aliphatic carbocycles. The van der Waals surface area contributed by atoms with E-state index >= 15 is 0 Å². The second kappa shape index (κ2) is 10.7. The number of aryl methyl sites for hydroxylation is 1. The highest BCUT2D eigenvalue weighted by molar-refractivity contribution is 6.00. The fourth-order valence-corrected chi connectivity index (χ4v) is 4.87. The first-order valence-electron chi connectivity index (χ1n) is 11.9. The Balaban J connectivity index is 1.94. The first-order valence-corrected chi connectivity index (χ1v) is 11.9. The average molecular weight is 477 g/mol. The number of aliphatic hydroxyl groups is 1. The summed E-state index contributed by atoms with van der Waals surface area (Å²) in [6, 6.07) is 0. The molecule has 5 atom stereocenters. The molecule has 3 heterocycles. The molecule has 0 spiro atoms. The third-order valence-electron chi connectivity index (χ3n) is 6.22. The molecule has 1 aliphatic rings. The van der Waals surface area contributed by atoms with Crippen LogP contribution in [0.15, 0.2) is 12.5 Å². The number of nitrogens with zero attached hydrogens (tertiary/aromatic N) is 3. The van der Waals surface area contributed by atoms with Gasteiger partial charge in [-0.15, -0.1) is 0 Å². The van der Waals surface area contributed by atoms with Gasteiger partial charge in [-0.05, 0) is 36.7 Å². The van der Waals surface area contributed by atoms with E-state index in [1.54, 1.807) is 14.2 Å². The summed E-state index contributed by atoms with van der Waals surface area (Å²) in [5, 5.41) is 14.5. The molecule has 0 radical (unpaired) electrons. The average Bonchev–Trinajstić information content (AvgIpc) is 3.23. The quantitative estimate of drug-likeness (QED) is 0.568. The van der Waals surface area contributed by atoms with Crippen molar-refractivity contribution >= 4 is 22.8 Å². The standard InChI is InChI=1S/C25H40N4O5/c1-14(2)9-16(10-25(4,5)6)23(31)28-21-18-15(3)11-29(22(18)27-13-26-21)24-20(33-8)19(30)17(34-24)12-32-7/h11,13-14,16-17,19-20,24,30H,9-10,12H2,1-8H3,(H,26,27,28,31)/t16?,17-,19?,20+,24-/m1/s1. The van der Waals surface area contributed by atoms with Crippen LogP contribution in [0.3, 0.4) is 0 Å². The van der Waals surface area contributed by atoms with Gasteiger partial charge in [0, 0.05) is 26.3 Å². The van der Waals surface area contributed by atoms with E-state index in [1.165, 1.54) is 6.33 Å². The Morgan fingerprint density at radius 1 is 1.29 bits per heavy atom. The van der Waals surface area contributed by atoms with Crippen LogP contribution in [0.1, 0.15) is 59.3 Å². The van der Waals surface area contributed by atoms with Crippen molar-refractivity contribution in [2.75, 3.05) is 26.1 Å². The molecule has 1 fully saturated rings. The summed E-state index contributed by atoms with van der Waals surface area (Å²) in [4.78, 5) is 22.2. The molecule has 2 aromatic heterocycles. The number of hydrogen-bond acceptors (Lipinski definition) is 7. The largest absolute Gasteiger partial charge is 0.387 e. The molecule has 9 heteroatoms. The first kappa shape index (κ1) is 26.5. The number of amides is 1. The fourth-order valence-electron chi connectivity index (χ4n) is 4.87. The second-order valence-corrected chi connectivity index (χ2v) is 10.9. The summed E-state index contributed by atoms with van der Waals surface area (Å²) in [7, 11) is 3.11. The van der Waals surface area contributed by atoms with Crippen LogP contribution in [0.2, 0.25) is 0 Å². The summed E-state index contributed by atoms with van der Waals surface area (Å²) >= 11 is 0. The normalized spacial score (nSPS) is 24.2. The minimum Gasteiger partial charge on any atom is -0.387 e. The second-order valence-electron chi connectivity index (χ2n) is 10.9. The van der Waals surface area contributed by atoms with Crippen molar-refractivity contribution in [2.24, 2.45) is 17.3 Å². The molecule has 1 amide bonds. The van der Waals surface area contributed by atoms with Crippen LogP contribution >= 0.6 is 0 Å². The topological polar surface area (TPSA) is 108 Å². The predicted molar refractivity (Wildman–Crippen MR) is 131 cm³/mol. The SMILES string of the molecule is COC[C@H]1O[C@@H](n2cc(C)c3c(NC(=O)C(CC(C)C)CC(C)(C)C)ncnc32)[C@@H](OC)C1O. The van der Waals surface area contributed by atoms with E-state index in [1.807, 2.05) is 17.7 Å². The van der Waals surface area contributed by atoms with Crippen molar-refractivity contribution in [3.8, 4) is 0 Å². The number of rotatable bonds is 9. The summed E-state index contributed by atoms with van der Waals surface area (Å²) < 4.78 is 18.7. The van der Waals surface area contributed by atoms with Gasteiger partial charge in [0.2, 0.25) is 5.91 Å². The maximum absolute atomic E-state index is 13.3. The molecule has 0 bridgehead atoms. The number of fused-ring (bicyclic) bond motifs is 1. The zero-order valence-electron chi connectivity index (χ0n) is 21.7. The van der Waals surface area contributed by atoms with E-state index in [-0.39, 0.29) is 23.8 Å². The van der Waals surface area contributed by atoms with Crippen LogP contribution in [-0.4, -0.2) is 64.7 Å². The highest BCUT2D eigenvalue weighted by Gasteiger charge is 2.45. The molecular formula is C25H40N4O5. The number of methoxy groups -OCH3 is 2. The van der Waals surface area contributed by atoms with Crippen molar-refractivity contribution < 1.29 is 24.1 Å². The molecule has 1 aliphatic heterocycles. The summed E-state index contributed by atoms with van der Waals surface area (Å²) in [6.07, 6.45) is 2.38. The van der Waals surface area contributed by atoms with Crippen molar-refractivity contribution in [1.82, 2.24) is 14.5 Å². The molecule has 0 saturated carbocycles. The van der Waals surface area contributed by atoms with Crippen LogP contribution < -0.4 is 5.32 Å². The van der Waals surface area contributed by atoms with Crippen LogP contribution in [0.4, 0.5) is 5.82 Å². The smallest absolute Gasteiger partial charge is 0.228 e. The lowest BCUT2D eigenvalue weighted by atomic mass is 9.80. The van der Waals surface area contributed by atoms with E-state index < -0.39 is 24.5 Å².